The third-order valence-electron chi connectivity index (χ3n) is 7.29. The summed E-state index contributed by atoms with van der Waals surface area (Å²) in [4.78, 5) is 43.6. The van der Waals surface area contributed by atoms with Crippen molar-refractivity contribution in [1.82, 2.24) is 4.57 Å². The minimum Gasteiger partial charge on any atom is -0.493 e. The van der Waals surface area contributed by atoms with Crippen molar-refractivity contribution in [3.63, 3.8) is 0 Å². The van der Waals surface area contributed by atoms with Crippen LogP contribution >= 0.6 is 38.9 Å². The van der Waals surface area contributed by atoms with E-state index in [1.165, 1.54) is 35.1 Å². The van der Waals surface area contributed by atoms with Crippen molar-refractivity contribution >= 4 is 56.9 Å². The lowest BCUT2D eigenvalue weighted by molar-refractivity contribution is -0.139. The van der Waals surface area contributed by atoms with Crippen LogP contribution in [0.5, 0.6) is 17.2 Å². The number of benzene rings is 3. The first kappa shape index (κ1) is 34.9. The number of halogens is 2. The van der Waals surface area contributed by atoms with E-state index in [1.807, 2.05) is 13.8 Å². The van der Waals surface area contributed by atoms with E-state index in [4.69, 9.17) is 35.7 Å². The Balaban J connectivity index is 1.54. The number of thiazole rings is 1. The zero-order chi connectivity index (χ0) is 34.7. The molecule has 13 heteroatoms. The summed E-state index contributed by atoms with van der Waals surface area (Å²) in [5, 5.41) is 9.43. The van der Waals surface area contributed by atoms with E-state index in [0.29, 0.717) is 52.9 Å². The van der Waals surface area contributed by atoms with Gasteiger partial charge in [0.1, 0.15) is 6.61 Å². The van der Waals surface area contributed by atoms with Crippen molar-refractivity contribution in [3.05, 3.63) is 117 Å². The molecule has 1 aromatic heterocycles. The van der Waals surface area contributed by atoms with Gasteiger partial charge in [-0.25, -0.2) is 14.6 Å². The molecule has 0 aliphatic carbocycles. The number of carboxylic acids is 1. The van der Waals surface area contributed by atoms with Crippen molar-refractivity contribution in [2.75, 3.05) is 13.7 Å². The van der Waals surface area contributed by atoms with Crippen LogP contribution in [0.3, 0.4) is 0 Å². The molecule has 1 aliphatic heterocycles. The Morgan fingerprint density at radius 1 is 1.12 bits per heavy atom. The fraction of sp³-hybridized carbons (Fsp3) is 0.257. The fourth-order valence-corrected chi connectivity index (χ4v) is 7.20. The molecule has 5 rings (SSSR count). The summed E-state index contributed by atoms with van der Waals surface area (Å²) >= 11 is 11.3. The van der Waals surface area contributed by atoms with E-state index in [2.05, 4.69) is 20.9 Å². The average Bonchev–Trinajstić information content (AvgIpc) is 3.33. The van der Waals surface area contributed by atoms with Gasteiger partial charge < -0.3 is 24.1 Å². The summed E-state index contributed by atoms with van der Waals surface area (Å²) in [6, 6.07) is 14.3. The second kappa shape index (κ2) is 14.8. The summed E-state index contributed by atoms with van der Waals surface area (Å²) < 4.78 is 25.3. The summed E-state index contributed by atoms with van der Waals surface area (Å²) in [5.41, 5.74) is 2.54. The van der Waals surface area contributed by atoms with Gasteiger partial charge in [-0.3, -0.25) is 9.36 Å². The number of hydrogen-bond donors (Lipinski definition) is 1. The van der Waals surface area contributed by atoms with E-state index in [-0.39, 0.29) is 36.0 Å². The maximum atomic E-state index is 14.1. The van der Waals surface area contributed by atoms with E-state index in [1.54, 1.807) is 62.4 Å². The van der Waals surface area contributed by atoms with E-state index < -0.39 is 18.0 Å². The molecule has 0 spiro atoms. The van der Waals surface area contributed by atoms with Gasteiger partial charge in [0.05, 0.1) is 56.7 Å². The number of hydrogen-bond acceptors (Lipinski definition) is 9. The average molecular weight is 756 g/mol. The van der Waals surface area contributed by atoms with Crippen LogP contribution in [-0.4, -0.2) is 41.4 Å². The monoisotopic (exact) mass is 754 g/mol. The Morgan fingerprint density at radius 3 is 2.48 bits per heavy atom. The second-order valence-electron chi connectivity index (χ2n) is 11.0. The lowest BCUT2D eigenvalue weighted by Crippen LogP contribution is -2.40. The van der Waals surface area contributed by atoms with Crippen LogP contribution in [0.25, 0.3) is 6.08 Å². The van der Waals surface area contributed by atoms with Crippen molar-refractivity contribution in [2.24, 2.45) is 4.99 Å². The zero-order valence-electron chi connectivity index (χ0n) is 26.7. The summed E-state index contributed by atoms with van der Waals surface area (Å²) in [7, 11) is 1.53. The summed E-state index contributed by atoms with van der Waals surface area (Å²) in [6.07, 6.45) is 1.61. The lowest BCUT2D eigenvalue weighted by atomic mass is 9.95. The van der Waals surface area contributed by atoms with Crippen LogP contribution in [0.4, 0.5) is 0 Å². The Kier molecular flexibility index (Phi) is 10.8. The number of esters is 1. The number of rotatable bonds is 11. The first-order chi connectivity index (χ1) is 22.9. The number of carbonyl (C=O) groups excluding carboxylic acids is 1. The second-order valence-corrected chi connectivity index (χ2v) is 13.3. The van der Waals surface area contributed by atoms with Gasteiger partial charge >= 0.3 is 11.9 Å². The molecule has 0 fully saturated rings. The van der Waals surface area contributed by atoms with Crippen LogP contribution in [0.2, 0.25) is 5.02 Å². The molecule has 0 saturated heterocycles. The molecule has 2 heterocycles. The highest BCUT2D eigenvalue weighted by Gasteiger charge is 2.34. The van der Waals surface area contributed by atoms with Crippen LogP contribution in [0, 0.1) is 0 Å². The van der Waals surface area contributed by atoms with Gasteiger partial charge in [0.25, 0.3) is 5.56 Å². The Bertz CT molecular complexity index is 2080. The maximum absolute atomic E-state index is 14.1. The third kappa shape index (κ3) is 7.35. The smallest absolute Gasteiger partial charge is 0.338 e. The topological polar surface area (TPSA) is 126 Å². The Labute approximate surface area is 293 Å². The number of fused-ring (bicyclic) bond motifs is 1. The lowest BCUT2D eigenvalue weighted by Gasteiger charge is -2.25. The number of methoxy groups -OCH3 is 1. The molecule has 3 aromatic carbocycles. The largest absolute Gasteiger partial charge is 0.493 e. The fourth-order valence-electron chi connectivity index (χ4n) is 5.16. The molecule has 1 atom stereocenters. The summed E-state index contributed by atoms with van der Waals surface area (Å²) in [6.45, 7) is 7.58. The van der Waals surface area contributed by atoms with Gasteiger partial charge in [0, 0.05) is 0 Å². The molecule has 48 heavy (non-hydrogen) atoms. The van der Waals surface area contributed by atoms with Crippen molar-refractivity contribution in [2.45, 2.75) is 46.4 Å². The van der Waals surface area contributed by atoms with Gasteiger partial charge in [0.2, 0.25) is 0 Å². The predicted molar refractivity (Wildman–Crippen MR) is 186 cm³/mol. The number of ether oxygens (including phenoxy) is 4. The SMILES string of the molecule is CCOC(=O)C1=C(C)N=c2s/c(=C\c3cc(Cl)c(OCc4ccc(C(=O)O)cc4)c(Br)c3)c(=O)n2[C@H]1c1ccc(OC(C)C)c(OC)c1. The first-order valence-electron chi connectivity index (χ1n) is 14.9. The van der Waals surface area contributed by atoms with Crippen LogP contribution in [0.15, 0.2) is 80.1 Å². The maximum Gasteiger partial charge on any atom is 0.338 e. The minimum absolute atomic E-state index is 0.0911. The molecule has 0 saturated carbocycles. The highest BCUT2D eigenvalue weighted by molar-refractivity contribution is 9.10. The molecule has 0 bridgehead atoms. The summed E-state index contributed by atoms with van der Waals surface area (Å²) in [5.74, 6) is -0.185. The Hall–Kier alpha value is -4.39. The number of aromatic nitrogens is 1. The van der Waals surface area contributed by atoms with Crippen molar-refractivity contribution in [1.29, 1.82) is 0 Å². The molecule has 1 aliphatic rings. The third-order valence-corrected chi connectivity index (χ3v) is 9.14. The predicted octanol–water partition coefficient (Wildman–Crippen LogP) is 6.29. The van der Waals surface area contributed by atoms with Crippen molar-refractivity contribution in [3.8, 4) is 17.2 Å². The molecule has 0 radical (unpaired) electrons. The normalized spacial score (nSPS) is 14.4. The first-order valence-corrected chi connectivity index (χ1v) is 16.9. The van der Waals surface area contributed by atoms with Gasteiger partial charge in [-0.15, -0.1) is 0 Å². The molecule has 10 nitrogen and oxygen atoms in total. The molecular weight excluding hydrogens is 724 g/mol. The molecule has 1 N–H and O–H groups in total. The molecule has 0 amide bonds. The van der Waals surface area contributed by atoms with Crippen LogP contribution in [0.1, 0.15) is 60.8 Å². The Morgan fingerprint density at radius 2 is 1.85 bits per heavy atom. The number of nitrogens with zero attached hydrogens (tertiary/aromatic N) is 2. The quantitative estimate of drug-likeness (QED) is 0.177. The number of carbonyl (C=O) groups is 2. The molecule has 250 valence electrons. The highest BCUT2D eigenvalue weighted by atomic mass is 79.9. The standard InChI is InChI=1S/C35H32BrClN2O8S/c1-6-45-34(43)29-19(4)38-35-39(30(29)23-11-12-26(47-18(2)3)27(16-23)44-5)32(40)28(48-35)15-21-13-24(36)31(25(37)14-21)46-17-20-7-9-22(10-8-20)33(41)42/h7-16,18,30H,6,17H2,1-5H3,(H,41,42)/b28-15-/t30-/m0/s1. The highest BCUT2D eigenvalue weighted by Crippen LogP contribution is 2.37. The number of allylic oxidation sites excluding steroid dienone is 1. The number of carboxylic acid groups (broad SMARTS) is 1. The molecular formula is C35H32BrClN2O8S. The van der Waals surface area contributed by atoms with Crippen LogP contribution < -0.4 is 29.1 Å². The van der Waals surface area contributed by atoms with Gasteiger partial charge in [0.15, 0.2) is 22.0 Å². The van der Waals surface area contributed by atoms with Crippen molar-refractivity contribution < 1.29 is 33.6 Å². The molecule has 4 aromatic rings. The van der Waals surface area contributed by atoms with Gasteiger partial charge in [-0.2, -0.15) is 0 Å². The molecule has 0 unspecified atom stereocenters. The number of aromatic carboxylic acids is 1. The van der Waals surface area contributed by atoms with E-state index in [0.717, 1.165) is 5.56 Å². The van der Waals surface area contributed by atoms with Gasteiger partial charge in [-0.05, 0) is 103 Å². The van der Waals surface area contributed by atoms with Crippen LogP contribution in [-0.2, 0) is 16.1 Å². The zero-order valence-corrected chi connectivity index (χ0v) is 29.9. The van der Waals surface area contributed by atoms with E-state index >= 15 is 0 Å². The minimum atomic E-state index is -1.01. The van der Waals surface area contributed by atoms with E-state index in [9.17, 15) is 14.4 Å². The van der Waals surface area contributed by atoms with Gasteiger partial charge in [-0.1, -0.05) is 41.1 Å².